The minimum absolute atomic E-state index is 0. The van der Waals surface area contributed by atoms with Crippen molar-refractivity contribution in [1.82, 2.24) is 20.1 Å². The topological polar surface area (TPSA) is 56.2 Å². The molecule has 33 heavy (non-hydrogen) atoms. The summed E-state index contributed by atoms with van der Waals surface area (Å²) >= 11 is 0. The highest BCUT2D eigenvalue weighted by Gasteiger charge is 2.15. The van der Waals surface area contributed by atoms with E-state index in [1.54, 1.807) is 24.3 Å². The van der Waals surface area contributed by atoms with Crippen LogP contribution in [0.5, 0.6) is 5.75 Å². The fourth-order valence-electron chi connectivity index (χ4n) is 3.49. The molecule has 7 nitrogen and oxygen atoms in total. The van der Waals surface area contributed by atoms with E-state index in [4.69, 9.17) is 4.99 Å². The number of nitrogens with one attached hydrogen (secondary N) is 1. The molecule has 0 amide bonds. The lowest BCUT2D eigenvalue weighted by atomic mass is 10.2. The molecule has 0 atom stereocenters. The third-order valence-corrected chi connectivity index (χ3v) is 5.31. The third kappa shape index (κ3) is 8.58. The number of anilines is 1. The summed E-state index contributed by atoms with van der Waals surface area (Å²) in [5.41, 5.74) is 2.01. The van der Waals surface area contributed by atoms with Crippen molar-refractivity contribution >= 4 is 35.8 Å². The maximum Gasteiger partial charge on any atom is 0.387 e. The van der Waals surface area contributed by atoms with Crippen molar-refractivity contribution in [3.8, 4) is 5.75 Å². The molecule has 182 valence electrons. The zero-order valence-corrected chi connectivity index (χ0v) is 21.7. The number of rotatable bonds is 8. The van der Waals surface area contributed by atoms with Gasteiger partial charge in [-0.3, -0.25) is 0 Å². The Hall–Kier alpha value is -2.21. The number of ether oxygens (including phenoxy) is 1. The van der Waals surface area contributed by atoms with E-state index in [9.17, 15) is 8.78 Å². The normalized spacial score (nSPS) is 14.7. The van der Waals surface area contributed by atoms with Gasteiger partial charge in [0, 0.05) is 52.5 Å². The van der Waals surface area contributed by atoms with E-state index in [0.29, 0.717) is 13.1 Å². The predicted molar refractivity (Wildman–Crippen MR) is 139 cm³/mol. The van der Waals surface area contributed by atoms with Crippen LogP contribution in [0.1, 0.15) is 18.1 Å². The van der Waals surface area contributed by atoms with E-state index in [1.807, 2.05) is 25.1 Å². The number of aromatic nitrogens is 1. The summed E-state index contributed by atoms with van der Waals surface area (Å²) in [6.07, 6.45) is 1.89. The van der Waals surface area contributed by atoms with Crippen molar-refractivity contribution < 1.29 is 13.5 Å². The molecular weight excluding hydrogens is 541 g/mol. The molecule has 1 aliphatic heterocycles. The number of pyridine rings is 1. The summed E-state index contributed by atoms with van der Waals surface area (Å²) < 4.78 is 29.0. The Labute approximate surface area is 211 Å². The highest BCUT2D eigenvalue weighted by Crippen LogP contribution is 2.16. The van der Waals surface area contributed by atoms with Crippen molar-refractivity contribution in [2.45, 2.75) is 26.6 Å². The number of halogens is 3. The first-order chi connectivity index (χ1) is 15.4. The number of likely N-dealkylation sites (N-methyl/N-ethyl adjacent to an activating group) is 1. The number of guanidine groups is 1. The fraction of sp³-hybridized carbons (Fsp3) is 0.478. The lowest BCUT2D eigenvalue weighted by Crippen LogP contribution is -2.44. The molecule has 0 bridgehead atoms. The number of hydrogen-bond donors (Lipinski definition) is 1. The average molecular weight is 574 g/mol. The van der Waals surface area contributed by atoms with E-state index >= 15 is 0 Å². The van der Waals surface area contributed by atoms with Crippen molar-refractivity contribution in [3.05, 3.63) is 53.7 Å². The maximum absolute atomic E-state index is 12.3. The van der Waals surface area contributed by atoms with Crippen molar-refractivity contribution in [2.75, 3.05) is 51.7 Å². The second-order valence-corrected chi connectivity index (χ2v) is 7.86. The molecule has 0 spiro atoms. The Kier molecular flexibility index (Phi) is 11.0. The van der Waals surface area contributed by atoms with Crippen LogP contribution in [0, 0.1) is 0 Å². The van der Waals surface area contributed by atoms with Crippen LogP contribution in [0.15, 0.2) is 47.6 Å². The molecule has 1 aliphatic rings. The Bertz CT molecular complexity index is 858. The summed E-state index contributed by atoms with van der Waals surface area (Å²) in [7, 11) is 4.08. The molecule has 1 saturated heterocycles. The van der Waals surface area contributed by atoms with Gasteiger partial charge in [-0.15, -0.1) is 24.0 Å². The fourth-order valence-corrected chi connectivity index (χ4v) is 3.49. The smallest absolute Gasteiger partial charge is 0.387 e. The van der Waals surface area contributed by atoms with E-state index in [1.165, 1.54) is 0 Å². The number of hydrogen-bond acceptors (Lipinski definition) is 5. The number of alkyl halides is 2. The van der Waals surface area contributed by atoms with E-state index in [2.05, 4.69) is 44.0 Å². The number of piperazine rings is 1. The number of benzene rings is 1. The average Bonchev–Trinajstić information content (AvgIpc) is 2.78. The predicted octanol–water partition coefficient (Wildman–Crippen LogP) is 3.65. The summed E-state index contributed by atoms with van der Waals surface area (Å²) in [4.78, 5) is 16.0. The minimum atomic E-state index is -2.82. The van der Waals surface area contributed by atoms with Gasteiger partial charge in [-0.25, -0.2) is 9.98 Å². The second-order valence-electron chi connectivity index (χ2n) is 7.86. The summed E-state index contributed by atoms with van der Waals surface area (Å²) in [6, 6.07) is 10.8. The molecule has 0 unspecified atom stereocenters. The Balaban J connectivity index is 0.00000385. The van der Waals surface area contributed by atoms with Crippen LogP contribution in [-0.2, 0) is 13.1 Å². The van der Waals surface area contributed by atoms with E-state index in [0.717, 1.165) is 55.6 Å². The largest absolute Gasteiger partial charge is 0.435 e. The summed E-state index contributed by atoms with van der Waals surface area (Å²) in [5, 5.41) is 3.30. The molecule has 0 aliphatic carbocycles. The molecule has 1 N–H and O–H groups in total. The van der Waals surface area contributed by atoms with Crippen molar-refractivity contribution in [3.63, 3.8) is 0 Å². The van der Waals surface area contributed by atoms with Crippen LogP contribution in [0.4, 0.5) is 14.6 Å². The first-order valence-corrected chi connectivity index (χ1v) is 10.9. The van der Waals surface area contributed by atoms with E-state index < -0.39 is 6.61 Å². The van der Waals surface area contributed by atoms with Gasteiger partial charge in [0.1, 0.15) is 11.6 Å². The van der Waals surface area contributed by atoms with Gasteiger partial charge in [-0.05, 0) is 43.3 Å². The Morgan fingerprint density at radius 2 is 1.79 bits per heavy atom. The van der Waals surface area contributed by atoms with Crippen molar-refractivity contribution in [2.24, 2.45) is 4.99 Å². The van der Waals surface area contributed by atoms with Gasteiger partial charge in [0.2, 0.25) is 0 Å². The van der Waals surface area contributed by atoms with Crippen LogP contribution in [0.3, 0.4) is 0 Å². The number of aliphatic imine (C=N–C) groups is 1. The van der Waals surface area contributed by atoms with E-state index in [-0.39, 0.29) is 29.7 Å². The molecule has 1 fully saturated rings. The molecule has 0 radical (unpaired) electrons. The lowest BCUT2D eigenvalue weighted by Gasteiger charge is -2.33. The quantitative estimate of drug-likeness (QED) is 0.295. The zero-order chi connectivity index (χ0) is 22.9. The number of nitrogens with zero attached hydrogens (tertiary/aromatic N) is 5. The summed E-state index contributed by atoms with van der Waals surface area (Å²) in [5.74, 6) is 1.93. The molecular formula is C23H33F2IN6O. The van der Waals surface area contributed by atoms with Gasteiger partial charge in [-0.2, -0.15) is 8.78 Å². The monoisotopic (exact) mass is 574 g/mol. The molecule has 2 aromatic rings. The van der Waals surface area contributed by atoms with Gasteiger partial charge in [-0.1, -0.05) is 18.2 Å². The standard InChI is InChI=1S/C23H32F2N6O.HI/c1-4-26-23(30(3)17-18-5-8-20(9-6-18)32-22(24)25)28-16-19-7-10-21(27-15-19)31-13-11-29(2)12-14-31;/h5-10,15,22H,4,11-14,16-17H2,1-3H3,(H,26,28);1H. The Morgan fingerprint density at radius 1 is 1.12 bits per heavy atom. The van der Waals surface area contributed by atoms with Crippen LogP contribution in [0.2, 0.25) is 0 Å². The van der Waals surface area contributed by atoms with Gasteiger partial charge in [0.15, 0.2) is 5.96 Å². The maximum atomic E-state index is 12.3. The van der Waals surface area contributed by atoms with Crippen LogP contribution in [0.25, 0.3) is 0 Å². The highest BCUT2D eigenvalue weighted by molar-refractivity contribution is 14.0. The highest BCUT2D eigenvalue weighted by atomic mass is 127. The molecule has 0 saturated carbocycles. The molecule has 10 heteroatoms. The zero-order valence-electron chi connectivity index (χ0n) is 19.4. The third-order valence-electron chi connectivity index (χ3n) is 5.31. The SMILES string of the molecule is CCNC(=NCc1ccc(N2CCN(C)CC2)nc1)N(C)Cc1ccc(OC(F)F)cc1.I. The van der Waals surface area contributed by atoms with Gasteiger partial charge < -0.3 is 24.8 Å². The summed E-state index contributed by atoms with van der Waals surface area (Å²) in [6.45, 7) is 5.13. The van der Waals surface area contributed by atoms with Crippen LogP contribution >= 0.6 is 24.0 Å². The van der Waals surface area contributed by atoms with Gasteiger partial charge in [0.25, 0.3) is 0 Å². The Morgan fingerprint density at radius 3 is 2.36 bits per heavy atom. The van der Waals surface area contributed by atoms with Crippen LogP contribution in [-0.4, -0.2) is 74.2 Å². The van der Waals surface area contributed by atoms with Gasteiger partial charge >= 0.3 is 6.61 Å². The minimum Gasteiger partial charge on any atom is -0.435 e. The molecule has 2 heterocycles. The molecule has 1 aromatic carbocycles. The van der Waals surface area contributed by atoms with Gasteiger partial charge in [0.05, 0.1) is 6.54 Å². The van der Waals surface area contributed by atoms with Crippen molar-refractivity contribution in [1.29, 1.82) is 0 Å². The van der Waals surface area contributed by atoms with Crippen LogP contribution < -0.4 is 15.0 Å². The lowest BCUT2D eigenvalue weighted by molar-refractivity contribution is -0.0498. The molecule has 1 aromatic heterocycles. The first kappa shape index (κ1) is 27.0. The second kappa shape index (κ2) is 13.5. The molecule has 3 rings (SSSR count). The first-order valence-electron chi connectivity index (χ1n) is 10.9.